The average molecular weight is 266 g/mol. The van der Waals surface area contributed by atoms with Gasteiger partial charge in [-0.1, -0.05) is 19.1 Å². The molecule has 0 spiro atoms. The van der Waals surface area contributed by atoms with E-state index in [1.54, 1.807) is 6.92 Å². The number of rotatable bonds is 7. The van der Waals surface area contributed by atoms with E-state index >= 15 is 0 Å². The molecule has 5 heteroatoms. The first-order chi connectivity index (χ1) is 9.21. The molecule has 0 aromatic heterocycles. The van der Waals surface area contributed by atoms with E-state index in [0.29, 0.717) is 19.8 Å². The summed E-state index contributed by atoms with van der Waals surface area (Å²) in [5.41, 5.74) is 6.60. The highest BCUT2D eigenvalue weighted by Crippen LogP contribution is 2.17. The smallest absolute Gasteiger partial charge is 0.407 e. The molecule has 106 valence electrons. The van der Waals surface area contributed by atoms with Crippen molar-refractivity contribution in [1.29, 1.82) is 0 Å². The maximum absolute atomic E-state index is 11.4. The van der Waals surface area contributed by atoms with E-state index in [-0.39, 0.29) is 6.04 Å². The van der Waals surface area contributed by atoms with Crippen LogP contribution in [0.1, 0.15) is 31.9 Å². The summed E-state index contributed by atoms with van der Waals surface area (Å²) in [6.07, 6.45) is 0.515. The average Bonchev–Trinajstić information content (AvgIpc) is 2.43. The van der Waals surface area contributed by atoms with Crippen molar-refractivity contribution in [2.45, 2.75) is 26.3 Å². The second-order valence-corrected chi connectivity index (χ2v) is 4.07. The van der Waals surface area contributed by atoms with Crippen molar-refractivity contribution in [1.82, 2.24) is 5.32 Å². The van der Waals surface area contributed by atoms with Crippen molar-refractivity contribution in [3.63, 3.8) is 0 Å². The Bertz CT molecular complexity index is 379. The number of nitrogens with two attached hydrogens (primary N) is 1. The van der Waals surface area contributed by atoms with Crippen LogP contribution in [0.15, 0.2) is 24.3 Å². The van der Waals surface area contributed by atoms with Crippen LogP contribution in [-0.4, -0.2) is 25.9 Å². The minimum Gasteiger partial charge on any atom is -0.494 e. The third-order valence-corrected chi connectivity index (χ3v) is 2.56. The maximum Gasteiger partial charge on any atom is 0.407 e. The molecule has 1 aromatic carbocycles. The van der Waals surface area contributed by atoms with E-state index in [1.165, 1.54) is 0 Å². The highest BCUT2D eigenvalue weighted by atomic mass is 16.5. The third kappa shape index (κ3) is 5.18. The molecular formula is C14H22N2O3. The molecule has 1 amide bonds. The number of hydrogen-bond acceptors (Lipinski definition) is 4. The molecule has 0 saturated carbocycles. The number of benzene rings is 1. The van der Waals surface area contributed by atoms with E-state index < -0.39 is 6.09 Å². The lowest BCUT2D eigenvalue weighted by molar-refractivity contribution is 0.148. The quantitative estimate of drug-likeness (QED) is 0.793. The Morgan fingerprint density at radius 2 is 2.00 bits per heavy atom. The maximum atomic E-state index is 11.4. The summed E-state index contributed by atoms with van der Waals surface area (Å²) in [5.74, 6) is 0.817. The Balaban J connectivity index is 2.62. The van der Waals surface area contributed by atoms with Gasteiger partial charge in [-0.05, 0) is 31.0 Å². The van der Waals surface area contributed by atoms with Gasteiger partial charge in [-0.3, -0.25) is 0 Å². The van der Waals surface area contributed by atoms with Gasteiger partial charge in [0.1, 0.15) is 5.75 Å². The van der Waals surface area contributed by atoms with Gasteiger partial charge in [0.05, 0.1) is 19.3 Å². The molecule has 0 bridgehead atoms. The number of nitrogens with one attached hydrogen (secondary N) is 1. The minimum atomic E-state index is -0.454. The number of amides is 1. The molecule has 0 aliphatic carbocycles. The van der Waals surface area contributed by atoms with Crippen molar-refractivity contribution in [2.75, 3.05) is 19.8 Å². The standard InChI is InChI=1S/C14H22N2O3/c1-3-9-19-12-7-5-11(6-8-12)13(10-15)16-14(17)18-4-2/h5-8,13H,3-4,9-10,15H2,1-2H3,(H,16,17). The summed E-state index contributed by atoms with van der Waals surface area (Å²) in [6.45, 7) is 5.17. The minimum absolute atomic E-state index is 0.251. The first-order valence-electron chi connectivity index (χ1n) is 6.57. The Labute approximate surface area is 114 Å². The van der Waals surface area contributed by atoms with Crippen molar-refractivity contribution in [2.24, 2.45) is 5.73 Å². The molecule has 0 aliphatic heterocycles. The zero-order valence-electron chi connectivity index (χ0n) is 11.5. The molecule has 0 radical (unpaired) electrons. The number of ether oxygens (including phenoxy) is 2. The highest BCUT2D eigenvalue weighted by molar-refractivity contribution is 5.67. The van der Waals surface area contributed by atoms with Crippen LogP contribution in [0.25, 0.3) is 0 Å². The second kappa shape index (κ2) is 8.37. The molecule has 1 aromatic rings. The van der Waals surface area contributed by atoms with Crippen LogP contribution >= 0.6 is 0 Å². The summed E-state index contributed by atoms with van der Waals surface area (Å²) in [4.78, 5) is 11.4. The summed E-state index contributed by atoms with van der Waals surface area (Å²) >= 11 is 0. The van der Waals surface area contributed by atoms with Crippen LogP contribution in [0.3, 0.4) is 0 Å². The first kappa shape index (κ1) is 15.3. The van der Waals surface area contributed by atoms with Crippen molar-refractivity contribution < 1.29 is 14.3 Å². The molecule has 0 heterocycles. The van der Waals surface area contributed by atoms with E-state index in [2.05, 4.69) is 12.2 Å². The number of carbonyl (C=O) groups excluding carboxylic acids is 1. The van der Waals surface area contributed by atoms with Crippen LogP contribution in [0, 0.1) is 0 Å². The lowest BCUT2D eigenvalue weighted by Gasteiger charge is -2.17. The van der Waals surface area contributed by atoms with Gasteiger partial charge in [0, 0.05) is 6.54 Å². The predicted octanol–water partition coefficient (Wildman–Crippen LogP) is 2.22. The molecule has 1 rings (SSSR count). The molecule has 0 aliphatic rings. The molecule has 3 N–H and O–H groups in total. The molecule has 1 atom stereocenters. The normalized spacial score (nSPS) is 11.7. The van der Waals surface area contributed by atoms with Gasteiger partial charge in [0.2, 0.25) is 0 Å². The Hall–Kier alpha value is -1.75. The van der Waals surface area contributed by atoms with E-state index in [0.717, 1.165) is 17.7 Å². The zero-order valence-corrected chi connectivity index (χ0v) is 11.5. The van der Waals surface area contributed by atoms with Gasteiger partial charge in [-0.25, -0.2) is 4.79 Å². The van der Waals surface area contributed by atoms with Crippen LogP contribution in [0.2, 0.25) is 0 Å². The van der Waals surface area contributed by atoms with Gasteiger partial charge >= 0.3 is 6.09 Å². The topological polar surface area (TPSA) is 73.6 Å². The SMILES string of the molecule is CCCOc1ccc(C(CN)NC(=O)OCC)cc1. The van der Waals surface area contributed by atoms with Gasteiger partial charge in [-0.15, -0.1) is 0 Å². The van der Waals surface area contributed by atoms with Gasteiger partial charge < -0.3 is 20.5 Å². The molecule has 0 saturated heterocycles. The van der Waals surface area contributed by atoms with Crippen LogP contribution in [0.4, 0.5) is 4.79 Å². The van der Waals surface area contributed by atoms with E-state index in [1.807, 2.05) is 24.3 Å². The summed E-state index contributed by atoms with van der Waals surface area (Å²) in [5, 5.41) is 2.72. The van der Waals surface area contributed by atoms with Crippen LogP contribution in [-0.2, 0) is 4.74 Å². The van der Waals surface area contributed by atoms with Gasteiger partial charge in [0.15, 0.2) is 0 Å². The highest BCUT2D eigenvalue weighted by Gasteiger charge is 2.13. The van der Waals surface area contributed by atoms with Gasteiger partial charge in [-0.2, -0.15) is 0 Å². The summed E-state index contributed by atoms with van der Waals surface area (Å²) < 4.78 is 10.3. The lowest BCUT2D eigenvalue weighted by atomic mass is 10.1. The lowest BCUT2D eigenvalue weighted by Crippen LogP contribution is -2.33. The summed E-state index contributed by atoms with van der Waals surface area (Å²) in [6, 6.07) is 7.30. The largest absolute Gasteiger partial charge is 0.494 e. The second-order valence-electron chi connectivity index (χ2n) is 4.07. The Morgan fingerprint density at radius 1 is 1.32 bits per heavy atom. The Morgan fingerprint density at radius 3 is 2.53 bits per heavy atom. The number of alkyl carbamates (subject to hydrolysis) is 1. The van der Waals surface area contributed by atoms with Crippen LogP contribution < -0.4 is 15.8 Å². The fourth-order valence-electron chi connectivity index (χ4n) is 1.61. The monoisotopic (exact) mass is 266 g/mol. The van der Waals surface area contributed by atoms with Crippen LogP contribution in [0.5, 0.6) is 5.75 Å². The first-order valence-corrected chi connectivity index (χ1v) is 6.57. The van der Waals surface area contributed by atoms with Crippen molar-refractivity contribution >= 4 is 6.09 Å². The Kier molecular flexibility index (Phi) is 6.74. The van der Waals surface area contributed by atoms with E-state index in [4.69, 9.17) is 15.2 Å². The molecular weight excluding hydrogens is 244 g/mol. The fourth-order valence-corrected chi connectivity index (χ4v) is 1.61. The third-order valence-electron chi connectivity index (χ3n) is 2.56. The molecule has 5 nitrogen and oxygen atoms in total. The van der Waals surface area contributed by atoms with Crippen molar-refractivity contribution in [3.05, 3.63) is 29.8 Å². The molecule has 19 heavy (non-hydrogen) atoms. The molecule has 1 unspecified atom stereocenters. The van der Waals surface area contributed by atoms with Crippen molar-refractivity contribution in [3.8, 4) is 5.75 Å². The zero-order chi connectivity index (χ0) is 14.1. The fraction of sp³-hybridized carbons (Fsp3) is 0.500. The van der Waals surface area contributed by atoms with Gasteiger partial charge in [0.25, 0.3) is 0 Å². The van der Waals surface area contributed by atoms with E-state index in [9.17, 15) is 4.79 Å². The molecule has 0 fully saturated rings. The summed E-state index contributed by atoms with van der Waals surface area (Å²) in [7, 11) is 0. The predicted molar refractivity (Wildman–Crippen MR) is 74.2 cm³/mol. The number of carbonyl (C=O) groups is 1. The number of hydrogen-bond donors (Lipinski definition) is 2.